The second-order valence-corrected chi connectivity index (χ2v) is 6.39. The summed E-state index contributed by atoms with van der Waals surface area (Å²) in [6.45, 7) is 6.94. The number of thiazole rings is 1. The molecule has 0 aliphatic carbocycles. The smallest absolute Gasteiger partial charge is 0.273 e. The third-order valence-corrected chi connectivity index (χ3v) is 4.87. The van der Waals surface area contributed by atoms with Gasteiger partial charge in [0.15, 0.2) is 5.82 Å². The average Bonchev–Trinajstić information content (AvgIpc) is 3.26. The van der Waals surface area contributed by atoms with E-state index in [-0.39, 0.29) is 18.1 Å². The van der Waals surface area contributed by atoms with Gasteiger partial charge in [-0.15, -0.1) is 11.3 Å². The van der Waals surface area contributed by atoms with Gasteiger partial charge in [-0.3, -0.25) is 4.79 Å². The van der Waals surface area contributed by atoms with Crippen LogP contribution in [0.2, 0.25) is 0 Å². The van der Waals surface area contributed by atoms with Crippen LogP contribution in [0.25, 0.3) is 0 Å². The van der Waals surface area contributed by atoms with Crippen LogP contribution in [0.15, 0.2) is 9.90 Å². The Kier molecular flexibility index (Phi) is 4.72. The highest BCUT2D eigenvalue weighted by Gasteiger charge is 2.34. The fourth-order valence-corrected chi connectivity index (χ4v) is 3.57. The van der Waals surface area contributed by atoms with E-state index in [4.69, 9.17) is 9.26 Å². The Bertz CT molecular complexity index is 684. The van der Waals surface area contributed by atoms with Crippen LogP contribution in [0, 0.1) is 6.92 Å². The van der Waals surface area contributed by atoms with Crippen LogP contribution in [0.4, 0.5) is 0 Å². The Labute approximate surface area is 138 Å². The summed E-state index contributed by atoms with van der Waals surface area (Å²) in [4.78, 5) is 23.3. The Morgan fingerprint density at radius 1 is 1.57 bits per heavy atom. The lowest BCUT2D eigenvalue weighted by Gasteiger charge is -2.21. The summed E-state index contributed by atoms with van der Waals surface area (Å²) in [6.07, 6.45) is 1.67. The van der Waals surface area contributed by atoms with Crippen molar-refractivity contribution in [3.05, 3.63) is 27.8 Å². The van der Waals surface area contributed by atoms with Gasteiger partial charge in [-0.25, -0.2) is 4.98 Å². The molecule has 0 aromatic carbocycles. The lowest BCUT2D eigenvalue weighted by Crippen LogP contribution is -2.31. The number of amides is 1. The molecule has 0 unspecified atom stereocenters. The highest BCUT2D eigenvalue weighted by molar-refractivity contribution is 7.09. The Morgan fingerprint density at radius 3 is 3.09 bits per heavy atom. The molecule has 0 radical (unpaired) electrons. The van der Waals surface area contributed by atoms with Gasteiger partial charge in [0, 0.05) is 25.5 Å². The molecular weight excluding hydrogens is 316 g/mol. The van der Waals surface area contributed by atoms with Crippen molar-refractivity contribution < 1.29 is 14.1 Å². The van der Waals surface area contributed by atoms with E-state index in [2.05, 4.69) is 15.1 Å². The number of hydrogen-bond acceptors (Lipinski definition) is 7. The van der Waals surface area contributed by atoms with Crippen molar-refractivity contribution in [3.63, 3.8) is 0 Å². The van der Waals surface area contributed by atoms with E-state index in [0.29, 0.717) is 30.6 Å². The largest absolute Gasteiger partial charge is 0.372 e. The van der Waals surface area contributed by atoms with Crippen molar-refractivity contribution in [2.75, 3.05) is 13.2 Å². The van der Waals surface area contributed by atoms with E-state index in [1.807, 2.05) is 13.8 Å². The number of likely N-dealkylation sites (tertiary alicyclic amines) is 1. The minimum absolute atomic E-state index is 0.0823. The summed E-state index contributed by atoms with van der Waals surface area (Å²) in [6, 6.07) is -0.130. The number of rotatable bonds is 5. The van der Waals surface area contributed by atoms with Gasteiger partial charge in [0.1, 0.15) is 16.8 Å². The molecular formula is C15H20N4O3S. The van der Waals surface area contributed by atoms with E-state index in [1.54, 1.807) is 17.2 Å². The molecule has 1 aliphatic heterocycles. The van der Waals surface area contributed by atoms with E-state index < -0.39 is 0 Å². The van der Waals surface area contributed by atoms with Gasteiger partial charge in [0.05, 0.1) is 6.04 Å². The average molecular weight is 336 g/mol. The summed E-state index contributed by atoms with van der Waals surface area (Å²) in [5, 5.41) is 6.58. The molecule has 3 rings (SSSR count). The van der Waals surface area contributed by atoms with Crippen LogP contribution in [-0.2, 0) is 4.74 Å². The molecule has 1 fully saturated rings. The first-order chi connectivity index (χ1) is 11.1. The molecule has 0 N–H and O–H groups in total. The molecule has 0 saturated carbocycles. The molecule has 124 valence electrons. The quantitative estimate of drug-likeness (QED) is 0.835. The second-order valence-electron chi connectivity index (χ2n) is 5.50. The predicted molar refractivity (Wildman–Crippen MR) is 84.2 cm³/mol. The first-order valence-electron chi connectivity index (χ1n) is 7.78. The van der Waals surface area contributed by atoms with Crippen molar-refractivity contribution in [2.45, 2.75) is 45.8 Å². The lowest BCUT2D eigenvalue weighted by atomic mass is 10.2. The molecule has 2 atom stereocenters. The van der Waals surface area contributed by atoms with Crippen LogP contribution in [0.3, 0.4) is 0 Å². The summed E-state index contributed by atoms with van der Waals surface area (Å²) in [7, 11) is 0. The minimum atomic E-state index is -0.130. The maximum Gasteiger partial charge on any atom is 0.273 e. The number of carbonyl (C=O) groups is 1. The molecule has 2 aromatic heterocycles. The third kappa shape index (κ3) is 3.28. The van der Waals surface area contributed by atoms with Gasteiger partial charge in [0.25, 0.3) is 5.91 Å². The number of nitrogens with zero attached hydrogens (tertiary/aromatic N) is 4. The van der Waals surface area contributed by atoms with Crippen LogP contribution < -0.4 is 0 Å². The molecule has 1 saturated heterocycles. The number of hydrogen-bond donors (Lipinski definition) is 0. The van der Waals surface area contributed by atoms with Gasteiger partial charge in [-0.2, -0.15) is 4.98 Å². The van der Waals surface area contributed by atoms with E-state index in [1.165, 1.54) is 11.3 Å². The molecule has 3 heterocycles. The molecule has 7 nitrogen and oxygen atoms in total. The topological polar surface area (TPSA) is 81.4 Å². The molecule has 0 bridgehead atoms. The van der Waals surface area contributed by atoms with Crippen LogP contribution in [0.1, 0.15) is 66.0 Å². The van der Waals surface area contributed by atoms with E-state index >= 15 is 0 Å². The molecule has 2 aromatic rings. The molecule has 8 heteroatoms. The first kappa shape index (κ1) is 16.1. The Morgan fingerprint density at radius 2 is 2.39 bits per heavy atom. The highest BCUT2D eigenvalue weighted by atomic mass is 32.1. The predicted octanol–water partition coefficient (Wildman–Crippen LogP) is 2.91. The number of carbonyl (C=O) groups excluding carboxylic acids is 1. The molecule has 0 spiro atoms. The standard InChI is InChI=1S/C15H20N4O3S/c1-4-21-9(2)14-17-11(8-23-14)15(20)19-7-5-6-12(19)13-16-10(3)22-18-13/h8-9,12H,4-7H2,1-3H3/t9-,12-/m1/s1. The fourth-order valence-electron chi connectivity index (χ4n) is 2.77. The van der Waals surface area contributed by atoms with Crippen molar-refractivity contribution in [2.24, 2.45) is 0 Å². The number of aryl methyl sites for hydroxylation is 1. The molecule has 1 amide bonds. The SMILES string of the molecule is CCO[C@H](C)c1nc(C(=O)N2CCC[C@@H]2c2noc(C)n2)cs1. The van der Waals surface area contributed by atoms with Gasteiger partial charge >= 0.3 is 0 Å². The van der Waals surface area contributed by atoms with Crippen LogP contribution in [0.5, 0.6) is 0 Å². The third-order valence-electron chi connectivity index (χ3n) is 3.86. The monoisotopic (exact) mass is 336 g/mol. The van der Waals surface area contributed by atoms with E-state index in [9.17, 15) is 4.79 Å². The highest BCUT2D eigenvalue weighted by Crippen LogP contribution is 2.32. The summed E-state index contributed by atoms with van der Waals surface area (Å²) < 4.78 is 10.6. The van der Waals surface area contributed by atoms with Crippen molar-refractivity contribution in [1.82, 2.24) is 20.0 Å². The number of ether oxygens (including phenoxy) is 1. The summed E-state index contributed by atoms with van der Waals surface area (Å²) in [5.41, 5.74) is 0.462. The first-order valence-corrected chi connectivity index (χ1v) is 8.66. The zero-order valence-electron chi connectivity index (χ0n) is 13.5. The minimum Gasteiger partial charge on any atom is -0.372 e. The normalized spacial score (nSPS) is 19.3. The Hall–Kier alpha value is -1.80. The van der Waals surface area contributed by atoms with Gasteiger partial charge < -0.3 is 14.2 Å². The molecule has 23 heavy (non-hydrogen) atoms. The zero-order valence-corrected chi connectivity index (χ0v) is 14.3. The van der Waals surface area contributed by atoms with Gasteiger partial charge in [0.2, 0.25) is 5.89 Å². The molecule has 1 aliphatic rings. The van der Waals surface area contributed by atoms with Crippen molar-refractivity contribution in [3.8, 4) is 0 Å². The Balaban J connectivity index is 1.77. The maximum atomic E-state index is 12.8. The zero-order chi connectivity index (χ0) is 16.4. The summed E-state index contributed by atoms with van der Waals surface area (Å²) in [5.74, 6) is 1.01. The second kappa shape index (κ2) is 6.76. The lowest BCUT2D eigenvalue weighted by molar-refractivity contribution is 0.0711. The van der Waals surface area contributed by atoms with Crippen molar-refractivity contribution >= 4 is 17.2 Å². The fraction of sp³-hybridized carbons (Fsp3) is 0.600. The maximum absolute atomic E-state index is 12.8. The van der Waals surface area contributed by atoms with Crippen LogP contribution >= 0.6 is 11.3 Å². The van der Waals surface area contributed by atoms with Gasteiger partial charge in [-0.1, -0.05) is 5.16 Å². The summed E-state index contributed by atoms with van der Waals surface area (Å²) >= 11 is 1.45. The van der Waals surface area contributed by atoms with Gasteiger partial charge in [-0.05, 0) is 26.7 Å². The van der Waals surface area contributed by atoms with Crippen molar-refractivity contribution in [1.29, 1.82) is 0 Å². The van der Waals surface area contributed by atoms with E-state index in [0.717, 1.165) is 17.8 Å². The number of aromatic nitrogens is 3. The van der Waals surface area contributed by atoms with Crippen LogP contribution in [-0.4, -0.2) is 39.1 Å².